The molecule has 2 N–H and O–H groups in total. The first kappa shape index (κ1) is 15.8. The van der Waals surface area contributed by atoms with Crippen molar-refractivity contribution in [3.8, 4) is 6.07 Å². The second kappa shape index (κ2) is 6.22. The number of anilines is 2. The minimum absolute atomic E-state index is 0.0695. The van der Waals surface area contributed by atoms with Crippen LogP contribution in [0.4, 0.5) is 16.2 Å². The van der Waals surface area contributed by atoms with Crippen LogP contribution in [0.25, 0.3) is 0 Å². The van der Waals surface area contributed by atoms with Crippen molar-refractivity contribution in [2.75, 3.05) is 22.7 Å². The molecule has 0 bridgehead atoms. The third-order valence-corrected chi connectivity index (χ3v) is 5.00. The summed E-state index contributed by atoms with van der Waals surface area (Å²) < 4.78 is 27.5. The molecule has 24 heavy (non-hydrogen) atoms. The minimum atomic E-state index is -3.90. The molecule has 0 radical (unpaired) electrons. The van der Waals surface area contributed by atoms with E-state index in [9.17, 15) is 13.2 Å². The number of nitrogens with one attached hydrogen (secondary N) is 2. The zero-order valence-electron chi connectivity index (χ0n) is 12.6. The van der Waals surface area contributed by atoms with Crippen LogP contribution in [0.2, 0.25) is 0 Å². The lowest BCUT2D eigenvalue weighted by molar-refractivity contribution is 0.252. The van der Waals surface area contributed by atoms with Gasteiger partial charge in [-0.15, -0.1) is 0 Å². The van der Waals surface area contributed by atoms with Crippen LogP contribution in [0.15, 0.2) is 53.4 Å². The van der Waals surface area contributed by atoms with Crippen LogP contribution in [-0.2, 0) is 10.0 Å². The average molecular weight is 342 g/mol. The van der Waals surface area contributed by atoms with Crippen LogP contribution in [-0.4, -0.2) is 27.5 Å². The molecule has 1 heterocycles. The predicted molar refractivity (Wildman–Crippen MR) is 89.2 cm³/mol. The first-order valence-electron chi connectivity index (χ1n) is 7.19. The van der Waals surface area contributed by atoms with Gasteiger partial charge in [0.25, 0.3) is 10.0 Å². The standard InChI is InChI=1S/C16H14N4O3S/c17-11-12-4-1-2-7-15(12)24(22,23)19-13-5-3-6-14(10-13)20-9-8-18-16(20)21/h1-7,10,19H,8-9H2,(H,18,21). The number of carbonyl (C=O) groups is 1. The molecular weight excluding hydrogens is 328 g/mol. The Morgan fingerprint density at radius 3 is 2.67 bits per heavy atom. The van der Waals surface area contributed by atoms with E-state index in [0.29, 0.717) is 24.5 Å². The van der Waals surface area contributed by atoms with Crippen molar-refractivity contribution in [2.24, 2.45) is 0 Å². The summed E-state index contributed by atoms with van der Waals surface area (Å²) in [6, 6.07) is 14.2. The molecule has 0 unspecified atom stereocenters. The Labute approximate surface area is 139 Å². The van der Waals surface area contributed by atoms with E-state index < -0.39 is 10.0 Å². The Morgan fingerprint density at radius 2 is 1.96 bits per heavy atom. The molecule has 7 nitrogen and oxygen atoms in total. The molecule has 0 saturated carbocycles. The van der Waals surface area contributed by atoms with Crippen molar-refractivity contribution in [3.63, 3.8) is 0 Å². The summed E-state index contributed by atoms with van der Waals surface area (Å²) in [7, 11) is -3.90. The van der Waals surface area contributed by atoms with Gasteiger partial charge < -0.3 is 5.32 Å². The van der Waals surface area contributed by atoms with Gasteiger partial charge in [-0.05, 0) is 30.3 Å². The molecule has 1 aliphatic heterocycles. The van der Waals surface area contributed by atoms with Crippen LogP contribution in [0.3, 0.4) is 0 Å². The summed E-state index contributed by atoms with van der Waals surface area (Å²) in [5.41, 5.74) is 0.985. The van der Waals surface area contributed by atoms with Crippen LogP contribution in [0, 0.1) is 11.3 Å². The molecule has 0 spiro atoms. The van der Waals surface area contributed by atoms with Crippen molar-refractivity contribution in [1.82, 2.24) is 5.32 Å². The number of rotatable bonds is 4. The molecule has 122 valence electrons. The fourth-order valence-electron chi connectivity index (χ4n) is 2.46. The molecule has 0 aromatic heterocycles. The van der Waals surface area contributed by atoms with E-state index in [1.807, 2.05) is 6.07 Å². The highest BCUT2D eigenvalue weighted by atomic mass is 32.2. The van der Waals surface area contributed by atoms with E-state index in [4.69, 9.17) is 5.26 Å². The second-order valence-corrected chi connectivity index (χ2v) is 6.80. The molecule has 8 heteroatoms. The van der Waals surface area contributed by atoms with Crippen LogP contribution < -0.4 is 14.9 Å². The Bertz CT molecular complexity index is 934. The van der Waals surface area contributed by atoms with E-state index in [1.54, 1.807) is 36.4 Å². The largest absolute Gasteiger partial charge is 0.336 e. The Morgan fingerprint density at radius 1 is 1.17 bits per heavy atom. The lowest BCUT2D eigenvalue weighted by atomic mass is 10.2. The van der Waals surface area contributed by atoms with E-state index >= 15 is 0 Å². The number of amides is 2. The third kappa shape index (κ3) is 3.02. The van der Waals surface area contributed by atoms with Crippen LogP contribution >= 0.6 is 0 Å². The fraction of sp³-hybridized carbons (Fsp3) is 0.125. The van der Waals surface area contributed by atoms with Gasteiger partial charge in [0.15, 0.2) is 0 Å². The maximum Gasteiger partial charge on any atom is 0.321 e. The highest BCUT2D eigenvalue weighted by Gasteiger charge is 2.22. The molecule has 1 saturated heterocycles. The van der Waals surface area contributed by atoms with Crippen LogP contribution in [0.5, 0.6) is 0 Å². The smallest absolute Gasteiger partial charge is 0.321 e. The lowest BCUT2D eigenvalue weighted by Crippen LogP contribution is -2.27. The highest BCUT2D eigenvalue weighted by molar-refractivity contribution is 7.92. The summed E-state index contributed by atoms with van der Waals surface area (Å²) in [4.78, 5) is 13.2. The van der Waals surface area contributed by atoms with Gasteiger partial charge in [-0.3, -0.25) is 9.62 Å². The summed E-state index contributed by atoms with van der Waals surface area (Å²) in [6.07, 6.45) is 0. The average Bonchev–Trinajstić information content (AvgIpc) is 3.01. The second-order valence-electron chi connectivity index (χ2n) is 5.15. The topological polar surface area (TPSA) is 102 Å². The predicted octanol–water partition coefficient (Wildman–Crippen LogP) is 1.89. The zero-order valence-corrected chi connectivity index (χ0v) is 13.4. The highest BCUT2D eigenvalue weighted by Crippen LogP contribution is 2.24. The van der Waals surface area contributed by atoms with E-state index in [2.05, 4.69) is 10.0 Å². The van der Waals surface area contributed by atoms with Gasteiger partial charge in [0, 0.05) is 18.8 Å². The Kier molecular flexibility index (Phi) is 4.10. The number of nitrogens with zero attached hydrogens (tertiary/aromatic N) is 2. The Balaban J connectivity index is 1.91. The zero-order chi connectivity index (χ0) is 17.2. The minimum Gasteiger partial charge on any atom is -0.336 e. The quantitative estimate of drug-likeness (QED) is 0.885. The molecular formula is C16H14N4O3S. The normalized spacial score (nSPS) is 14.1. The first-order valence-corrected chi connectivity index (χ1v) is 8.67. The monoisotopic (exact) mass is 342 g/mol. The van der Waals surface area contributed by atoms with E-state index in [0.717, 1.165) is 0 Å². The maximum atomic E-state index is 12.5. The van der Waals surface area contributed by atoms with E-state index in [-0.39, 0.29) is 16.5 Å². The number of sulfonamides is 1. The van der Waals surface area contributed by atoms with Gasteiger partial charge in [-0.1, -0.05) is 18.2 Å². The van der Waals surface area contributed by atoms with E-state index in [1.165, 1.54) is 17.0 Å². The molecule has 1 fully saturated rings. The molecule has 0 aliphatic carbocycles. The van der Waals surface area contributed by atoms with Gasteiger partial charge in [-0.2, -0.15) is 5.26 Å². The van der Waals surface area contributed by atoms with Crippen molar-refractivity contribution in [1.29, 1.82) is 5.26 Å². The van der Waals surface area contributed by atoms with Crippen molar-refractivity contribution >= 4 is 27.4 Å². The molecule has 2 aromatic carbocycles. The summed E-state index contributed by atoms with van der Waals surface area (Å²) in [5.74, 6) is 0. The van der Waals surface area contributed by atoms with Crippen molar-refractivity contribution in [3.05, 3.63) is 54.1 Å². The summed E-state index contributed by atoms with van der Waals surface area (Å²) in [6.45, 7) is 1.07. The van der Waals surface area contributed by atoms with Crippen molar-refractivity contribution in [2.45, 2.75) is 4.90 Å². The molecule has 3 rings (SSSR count). The SMILES string of the molecule is N#Cc1ccccc1S(=O)(=O)Nc1cccc(N2CCNC2=O)c1. The third-order valence-electron chi connectivity index (χ3n) is 3.56. The first-order chi connectivity index (χ1) is 11.5. The number of benzene rings is 2. The maximum absolute atomic E-state index is 12.5. The lowest BCUT2D eigenvalue weighted by Gasteiger charge is -2.16. The summed E-state index contributed by atoms with van der Waals surface area (Å²) >= 11 is 0. The molecule has 2 aromatic rings. The molecule has 2 amide bonds. The van der Waals surface area contributed by atoms with Gasteiger partial charge in [0.2, 0.25) is 0 Å². The van der Waals surface area contributed by atoms with Crippen molar-refractivity contribution < 1.29 is 13.2 Å². The number of hydrogen-bond donors (Lipinski definition) is 2. The van der Waals surface area contributed by atoms with Gasteiger partial charge in [-0.25, -0.2) is 13.2 Å². The fourth-order valence-corrected chi connectivity index (χ4v) is 3.67. The summed E-state index contributed by atoms with van der Waals surface area (Å²) in [5, 5.41) is 11.8. The Hall–Kier alpha value is -3.05. The number of nitriles is 1. The number of hydrogen-bond acceptors (Lipinski definition) is 4. The van der Waals surface area contributed by atoms with Gasteiger partial charge in [0.05, 0.1) is 11.3 Å². The number of carbonyl (C=O) groups excluding carboxylic acids is 1. The van der Waals surface area contributed by atoms with Gasteiger partial charge in [0.1, 0.15) is 11.0 Å². The molecule has 1 aliphatic rings. The number of urea groups is 1. The molecule has 0 atom stereocenters. The van der Waals surface area contributed by atoms with Gasteiger partial charge >= 0.3 is 6.03 Å². The van der Waals surface area contributed by atoms with Crippen LogP contribution in [0.1, 0.15) is 5.56 Å².